The lowest BCUT2D eigenvalue weighted by Gasteiger charge is -2.39. The van der Waals surface area contributed by atoms with E-state index >= 15 is 0 Å². The summed E-state index contributed by atoms with van der Waals surface area (Å²) in [6.07, 6.45) is -3.19. The van der Waals surface area contributed by atoms with E-state index in [0.717, 1.165) is 10.5 Å². The van der Waals surface area contributed by atoms with E-state index in [0.29, 0.717) is 38.9 Å². The minimum absolute atomic E-state index is 0.131. The zero-order chi connectivity index (χ0) is 20.1. The van der Waals surface area contributed by atoms with Crippen LogP contribution in [0, 0.1) is 5.92 Å². The average molecular weight is 399 g/mol. The molecule has 1 saturated heterocycles. The van der Waals surface area contributed by atoms with E-state index in [1.165, 1.54) is 0 Å². The van der Waals surface area contributed by atoms with Crippen molar-refractivity contribution in [3.8, 4) is 0 Å². The number of hydrogen-bond donors (Lipinski definition) is 0. The van der Waals surface area contributed by atoms with Gasteiger partial charge in [-0.15, -0.1) is 0 Å². The Balaban J connectivity index is 1.62. The number of amides is 1. The van der Waals surface area contributed by atoms with Gasteiger partial charge in [0.15, 0.2) is 0 Å². The summed E-state index contributed by atoms with van der Waals surface area (Å²) < 4.78 is 50.0. The number of benzene rings is 1. The molecular weight excluding hydrogens is 375 g/mol. The van der Waals surface area contributed by atoms with E-state index in [4.69, 9.17) is 9.47 Å². The molecule has 1 aromatic rings. The molecule has 1 heterocycles. The molecule has 0 spiro atoms. The minimum Gasteiger partial charge on any atom is -0.461 e. The van der Waals surface area contributed by atoms with Crippen LogP contribution < -0.4 is 0 Å². The van der Waals surface area contributed by atoms with Gasteiger partial charge in [-0.1, -0.05) is 30.3 Å². The summed E-state index contributed by atoms with van der Waals surface area (Å²) >= 11 is 0. The fraction of sp³-hybridized carbons (Fsp3) is 0.600. The second-order valence-corrected chi connectivity index (χ2v) is 7.31. The molecule has 154 valence electrons. The molecule has 8 heteroatoms. The molecule has 28 heavy (non-hydrogen) atoms. The van der Waals surface area contributed by atoms with Crippen LogP contribution in [-0.2, 0) is 25.7 Å². The molecular formula is C20H24F3NO4. The molecule has 1 amide bonds. The lowest BCUT2D eigenvalue weighted by atomic mass is 10.0. The first-order valence-electron chi connectivity index (χ1n) is 9.54. The van der Waals surface area contributed by atoms with Crippen molar-refractivity contribution in [3.05, 3.63) is 35.9 Å². The molecule has 2 atom stereocenters. The van der Waals surface area contributed by atoms with Gasteiger partial charge in [0.05, 0.1) is 5.92 Å². The normalized spacial score (nSPS) is 23.4. The molecule has 1 saturated carbocycles. The first-order valence-corrected chi connectivity index (χ1v) is 9.54. The summed E-state index contributed by atoms with van der Waals surface area (Å²) in [6, 6.07) is 8.08. The first kappa shape index (κ1) is 20.6. The fourth-order valence-electron chi connectivity index (χ4n) is 4.01. The summed E-state index contributed by atoms with van der Waals surface area (Å²) in [5, 5.41) is 0. The lowest BCUT2D eigenvalue weighted by Crippen LogP contribution is -2.53. The Morgan fingerprint density at radius 2 is 1.71 bits per heavy atom. The molecule has 3 rings (SSSR count). The van der Waals surface area contributed by atoms with Crippen LogP contribution in [0.5, 0.6) is 0 Å². The largest absolute Gasteiger partial charge is 0.471 e. The molecule has 0 aromatic heterocycles. The van der Waals surface area contributed by atoms with Crippen LogP contribution in [0.4, 0.5) is 13.2 Å². The molecule has 5 nitrogen and oxygen atoms in total. The van der Waals surface area contributed by atoms with Crippen LogP contribution in [0.1, 0.15) is 37.7 Å². The van der Waals surface area contributed by atoms with Crippen LogP contribution in [0.3, 0.4) is 0 Å². The van der Waals surface area contributed by atoms with Crippen LogP contribution >= 0.6 is 0 Å². The van der Waals surface area contributed by atoms with Crippen molar-refractivity contribution in [2.45, 2.75) is 57.0 Å². The standard InChI is InChI=1S/C20H24F3NO4/c21-20(22,23)19(26)24(16-8-10-27-11-9-16)17-7-6-15(12-17)18(25)28-13-14-4-2-1-3-5-14/h1-5,15-17H,6-13H2/t15?,17-/m1/s1. The number of halogens is 3. The van der Waals surface area contributed by atoms with E-state index in [1.54, 1.807) is 0 Å². The second kappa shape index (κ2) is 8.94. The van der Waals surface area contributed by atoms with Crippen molar-refractivity contribution in [1.29, 1.82) is 0 Å². The molecule has 2 aliphatic rings. The number of alkyl halides is 3. The summed E-state index contributed by atoms with van der Waals surface area (Å²) in [4.78, 5) is 25.4. The highest BCUT2D eigenvalue weighted by Crippen LogP contribution is 2.35. The van der Waals surface area contributed by atoms with Crippen molar-refractivity contribution in [3.63, 3.8) is 0 Å². The number of hydrogen-bond acceptors (Lipinski definition) is 4. The van der Waals surface area contributed by atoms with E-state index in [2.05, 4.69) is 0 Å². The molecule has 2 fully saturated rings. The maximum Gasteiger partial charge on any atom is 0.471 e. The Morgan fingerprint density at radius 1 is 1.04 bits per heavy atom. The van der Waals surface area contributed by atoms with Gasteiger partial charge < -0.3 is 14.4 Å². The Labute approximate surface area is 161 Å². The summed E-state index contributed by atoms with van der Waals surface area (Å²) in [5.74, 6) is -2.72. The third-order valence-electron chi connectivity index (χ3n) is 5.42. The smallest absolute Gasteiger partial charge is 0.461 e. The van der Waals surface area contributed by atoms with Crippen molar-refractivity contribution >= 4 is 11.9 Å². The van der Waals surface area contributed by atoms with Gasteiger partial charge in [-0.2, -0.15) is 13.2 Å². The summed E-state index contributed by atoms with van der Waals surface area (Å²) in [6.45, 7) is 0.801. The second-order valence-electron chi connectivity index (χ2n) is 7.31. The van der Waals surface area contributed by atoms with Gasteiger partial charge in [0, 0.05) is 25.3 Å². The van der Waals surface area contributed by atoms with Gasteiger partial charge in [0.1, 0.15) is 6.61 Å². The van der Waals surface area contributed by atoms with Crippen molar-refractivity contribution in [2.24, 2.45) is 5.92 Å². The summed E-state index contributed by atoms with van der Waals surface area (Å²) in [7, 11) is 0. The van der Waals surface area contributed by atoms with Gasteiger partial charge in [-0.3, -0.25) is 9.59 Å². The van der Waals surface area contributed by atoms with Crippen LogP contribution in [0.25, 0.3) is 0 Å². The van der Waals surface area contributed by atoms with Crippen molar-refractivity contribution in [2.75, 3.05) is 13.2 Å². The lowest BCUT2D eigenvalue weighted by molar-refractivity contribution is -0.192. The van der Waals surface area contributed by atoms with Crippen LogP contribution in [0.15, 0.2) is 30.3 Å². The van der Waals surface area contributed by atoms with Gasteiger partial charge in [0.2, 0.25) is 0 Å². The van der Waals surface area contributed by atoms with Crippen LogP contribution in [-0.4, -0.2) is 48.3 Å². The highest BCUT2D eigenvalue weighted by molar-refractivity contribution is 5.83. The zero-order valence-electron chi connectivity index (χ0n) is 15.5. The number of carbonyl (C=O) groups excluding carboxylic acids is 2. The number of ether oxygens (including phenoxy) is 2. The Hall–Kier alpha value is -2.09. The number of rotatable bonds is 5. The first-order chi connectivity index (χ1) is 13.4. The monoisotopic (exact) mass is 399 g/mol. The Bertz CT molecular complexity index is 674. The maximum absolute atomic E-state index is 13.2. The molecule has 1 aliphatic carbocycles. The van der Waals surface area contributed by atoms with E-state index in [1.807, 2.05) is 30.3 Å². The van der Waals surface area contributed by atoms with Gasteiger partial charge in [0.25, 0.3) is 0 Å². The summed E-state index contributed by atoms with van der Waals surface area (Å²) in [5.41, 5.74) is 0.849. The third-order valence-corrected chi connectivity index (χ3v) is 5.42. The minimum atomic E-state index is -4.93. The number of nitrogens with zero attached hydrogens (tertiary/aromatic N) is 1. The van der Waals surface area contributed by atoms with Crippen molar-refractivity contribution < 1.29 is 32.2 Å². The van der Waals surface area contributed by atoms with E-state index in [-0.39, 0.29) is 13.0 Å². The molecule has 0 N–H and O–H groups in total. The van der Waals surface area contributed by atoms with E-state index < -0.39 is 36.1 Å². The molecule has 1 aliphatic heterocycles. The highest BCUT2D eigenvalue weighted by Gasteiger charge is 2.49. The molecule has 1 unspecified atom stereocenters. The predicted molar refractivity (Wildman–Crippen MR) is 94.1 cm³/mol. The average Bonchev–Trinajstić information content (AvgIpc) is 3.17. The molecule has 1 aromatic carbocycles. The van der Waals surface area contributed by atoms with Crippen LogP contribution in [0.2, 0.25) is 0 Å². The fourth-order valence-corrected chi connectivity index (χ4v) is 4.01. The zero-order valence-corrected chi connectivity index (χ0v) is 15.5. The molecule has 0 radical (unpaired) electrons. The van der Waals surface area contributed by atoms with E-state index in [9.17, 15) is 22.8 Å². The predicted octanol–water partition coefficient (Wildman–Crippen LogP) is 3.47. The van der Waals surface area contributed by atoms with Gasteiger partial charge >= 0.3 is 18.1 Å². The maximum atomic E-state index is 13.2. The third kappa shape index (κ3) is 5.04. The molecule has 0 bridgehead atoms. The quantitative estimate of drug-likeness (QED) is 0.712. The highest BCUT2D eigenvalue weighted by atomic mass is 19.4. The topological polar surface area (TPSA) is 55.8 Å². The van der Waals surface area contributed by atoms with Gasteiger partial charge in [-0.05, 0) is 37.7 Å². The SMILES string of the molecule is O=C(OCc1ccccc1)C1CC[C@@H](N(C(=O)C(F)(F)F)C2CCOCC2)C1. The Morgan fingerprint density at radius 3 is 2.36 bits per heavy atom. The number of carbonyl (C=O) groups is 2. The van der Waals surface area contributed by atoms with Crippen molar-refractivity contribution in [1.82, 2.24) is 4.90 Å². The number of esters is 1. The van der Waals surface area contributed by atoms with Gasteiger partial charge in [-0.25, -0.2) is 0 Å². The Kier molecular flexibility index (Phi) is 6.59.